The predicted octanol–water partition coefficient (Wildman–Crippen LogP) is 2.75. The molecule has 1 aromatic heterocycles. The molecular weight excluding hydrogens is 364 g/mol. The molecule has 1 atom stereocenters. The molecule has 1 heterocycles. The number of likely N-dealkylation sites (N-methyl/N-ethyl adjacent to an activating group) is 1. The van der Waals surface area contributed by atoms with Crippen LogP contribution in [0.3, 0.4) is 0 Å². The maximum atomic E-state index is 12.4. The number of anilines is 1. The first kappa shape index (κ1) is 20.7. The number of nitrogens with one attached hydrogen (secondary N) is 2. The van der Waals surface area contributed by atoms with Crippen LogP contribution in [0.5, 0.6) is 0 Å². The molecule has 3 rings (SSSR count). The van der Waals surface area contributed by atoms with Crippen LogP contribution in [0.25, 0.3) is 11.4 Å². The number of carbonyl (C=O) groups excluding carboxylic acids is 1. The lowest BCUT2D eigenvalue weighted by Gasteiger charge is -2.16. The molecule has 1 unspecified atom stereocenters. The second kappa shape index (κ2) is 9.47. The van der Waals surface area contributed by atoms with Gasteiger partial charge in [0.05, 0.1) is 13.6 Å². The highest BCUT2D eigenvalue weighted by molar-refractivity contribution is 5.93. The molecule has 0 aliphatic rings. The molecule has 0 aliphatic heterocycles. The molecule has 0 bridgehead atoms. The fraction of sp³-hybridized carbons (Fsp3) is 0.348. The van der Waals surface area contributed by atoms with Crippen LogP contribution in [0.1, 0.15) is 29.0 Å². The quantitative estimate of drug-likeness (QED) is 0.617. The highest BCUT2D eigenvalue weighted by Gasteiger charge is 2.14. The molecule has 0 fully saturated rings. The van der Waals surface area contributed by atoms with E-state index in [0.29, 0.717) is 24.7 Å². The van der Waals surface area contributed by atoms with E-state index in [1.165, 1.54) is 5.56 Å². The molecule has 6 nitrogen and oxygen atoms in total. The van der Waals surface area contributed by atoms with Crippen molar-refractivity contribution in [3.63, 3.8) is 0 Å². The first-order chi connectivity index (χ1) is 13.9. The molecule has 0 saturated heterocycles. The first-order valence-electron chi connectivity index (χ1n) is 9.99. The van der Waals surface area contributed by atoms with Gasteiger partial charge in [0, 0.05) is 24.1 Å². The van der Waals surface area contributed by atoms with E-state index in [1.54, 1.807) is 0 Å². The van der Waals surface area contributed by atoms with E-state index in [9.17, 15) is 4.79 Å². The average molecular weight is 394 g/mol. The number of amides is 1. The van der Waals surface area contributed by atoms with Crippen LogP contribution in [-0.4, -0.2) is 36.2 Å². The minimum atomic E-state index is 0.0294. The number of rotatable bonds is 8. The Morgan fingerprint density at radius 3 is 2.48 bits per heavy atom. The summed E-state index contributed by atoms with van der Waals surface area (Å²) in [4.78, 5) is 18.0. The van der Waals surface area contributed by atoms with Crippen molar-refractivity contribution in [1.29, 1.82) is 0 Å². The molecule has 6 heteroatoms. The summed E-state index contributed by atoms with van der Waals surface area (Å²) in [5, 5.41) is 7.11. The van der Waals surface area contributed by atoms with E-state index >= 15 is 0 Å². The van der Waals surface area contributed by atoms with Gasteiger partial charge in [-0.2, -0.15) is 4.98 Å². The van der Waals surface area contributed by atoms with Crippen molar-refractivity contribution in [2.45, 2.75) is 33.6 Å². The maximum Gasteiger partial charge on any atom is 0.279 e. The van der Waals surface area contributed by atoms with Crippen molar-refractivity contribution in [3.8, 4) is 11.4 Å². The summed E-state index contributed by atoms with van der Waals surface area (Å²) in [6, 6.07) is 14.0. The highest BCUT2D eigenvalue weighted by Crippen LogP contribution is 2.21. The molecule has 0 saturated carbocycles. The van der Waals surface area contributed by atoms with Crippen LogP contribution in [0.2, 0.25) is 0 Å². The van der Waals surface area contributed by atoms with Crippen LogP contribution in [0.15, 0.2) is 47.0 Å². The van der Waals surface area contributed by atoms with Gasteiger partial charge >= 0.3 is 0 Å². The van der Waals surface area contributed by atoms with Crippen LogP contribution in [-0.2, 0) is 11.2 Å². The van der Waals surface area contributed by atoms with Gasteiger partial charge in [0.2, 0.25) is 11.7 Å². The molecule has 3 aromatic rings. The van der Waals surface area contributed by atoms with E-state index in [0.717, 1.165) is 40.2 Å². The summed E-state index contributed by atoms with van der Waals surface area (Å²) in [5.41, 5.74) is 5.27. The molecular formula is C23H29N4O2+. The van der Waals surface area contributed by atoms with Gasteiger partial charge < -0.3 is 14.7 Å². The van der Waals surface area contributed by atoms with Gasteiger partial charge in [-0.3, -0.25) is 4.79 Å². The number of hydrogen-bond acceptors (Lipinski definition) is 4. The van der Waals surface area contributed by atoms with Gasteiger partial charge in [-0.15, -0.1) is 0 Å². The van der Waals surface area contributed by atoms with Gasteiger partial charge in [-0.25, -0.2) is 0 Å². The predicted molar refractivity (Wildman–Crippen MR) is 114 cm³/mol. The summed E-state index contributed by atoms with van der Waals surface area (Å²) in [5.74, 6) is 1.28. The Morgan fingerprint density at radius 1 is 1.10 bits per heavy atom. The van der Waals surface area contributed by atoms with Crippen LogP contribution >= 0.6 is 0 Å². The van der Waals surface area contributed by atoms with Crippen LogP contribution in [0, 0.1) is 20.8 Å². The Kier molecular flexibility index (Phi) is 6.77. The lowest BCUT2D eigenvalue weighted by Crippen LogP contribution is -3.10. The molecule has 152 valence electrons. The zero-order valence-corrected chi connectivity index (χ0v) is 17.6. The van der Waals surface area contributed by atoms with Gasteiger partial charge in [0.1, 0.15) is 0 Å². The Bertz CT molecular complexity index is 943. The van der Waals surface area contributed by atoms with E-state index in [1.807, 2.05) is 51.2 Å². The second-order valence-corrected chi connectivity index (χ2v) is 7.69. The van der Waals surface area contributed by atoms with Crippen molar-refractivity contribution < 1.29 is 14.2 Å². The number of hydrogen-bond donors (Lipinski definition) is 2. The molecule has 0 radical (unpaired) electrons. The number of quaternary nitrogens is 1. The molecule has 0 spiro atoms. The average Bonchev–Trinajstić information content (AvgIpc) is 3.14. The summed E-state index contributed by atoms with van der Waals surface area (Å²) >= 11 is 0. The molecule has 0 aliphatic carbocycles. The van der Waals surface area contributed by atoms with Gasteiger partial charge in [-0.05, 0) is 31.9 Å². The maximum absolute atomic E-state index is 12.4. The van der Waals surface area contributed by atoms with Gasteiger partial charge in [0.25, 0.3) is 5.91 Å². The van der Waals surface area contributed by atoms with E-state index in [4.69, 9.17) is 4.52 Å². The van der Waals surface area contributed by atoms with Crippen molar-refractivity contribution in [2.75, 3.05) is 25.5 Å². The lowest BCUT2D eigenvalue weighted by atomic mass is 10.1. The fourth-order valence-corrected chi connectivity index (χ4v) is 3.53. The monoisotopic (exact) mass is 393 g/mol. The zero-order chi connectivity index (χ0) is 20.8. The number of carbonyl (C=O) groups is 1. The van der Waals surface area contributed by atoms with E-state index in [2.05, 4.69) is 34.5 Å². The van der Waals surface area contributed by atoms with Gasteiger partial charge in [0.15, 0.2) is 6.54 Å². The minimum absolute atomic E-state index is 0.0294. The van der Waals surface area contributed by atoms with Crippen molar-refractivity contribution >= 4 is 11.6 Å². The molecule has 2 aromatic carbocycles. The first-order valence-corrected chi connectivity index (χ1v) is 9.99. The number of aryl methyl sites for hydroxylation is 4. The second-order valence-electron chi connectivity index (χ2n) is 7.69. The Labute approximate surface area is 171 Å². The third kappa shape index (κ3) is 5.74. The van der Waals surface area contributed by atoms with Crippen molar-refractivity contribution in [2.24, 2.45) is 0 Å². The lowest BCUT2D eigenvalue weighted by molar-refractivity contribution is -0.871. The standard InChI is InChI=1S/C23H28N4O2/c1-16-13-17(2)22(18(3)14-16)24-20(28)15-27(4)12-8-11-21-25-23(26-29-21)19-9-6-5-7-10-19/h5-7,9-10,13-14H,8,11-12,15H2,1-4H3,(H,24,28)/p+1. The Morgan fingerprint density at radius 2 is 1.79 bits per heavy atom. The SMILES string of the molecule is Cc1cc(C)c(NC(=O)C[NH+](C)CCCc2nc(-c3ccccc3)no2)c(C)c1. The van der Waals surface area contributed by atoms with E-state index in [-0.39, 0.29) is 5.91 Å². The summed E-state index contributed by atoms with van der Waals surface area (Å²) < 4.78 is 5.35. The molecule has 2 N–H and O–H groups in total. The summed E-state index contributed by atoms with van der Waals surface area (Å²) in [6.45, 7) is 7.39. The van der Waals surface area contributed by atoms with Crippen LogP contribution < -0.4 is 10.2 Å². The fourth-order valence-electron chi connectivity index (χ4n) is 3.53. The van der Waals surface area contributed by atoms with E-state index < -0.39 is 0 Å². The van der Waals surface area contributed by atoms with Crippen LogP contribution in [0.4, 0.5) is 5.69 Å². The molecule has 1 amide bonds. The molecule has 29 heavy (non-hydrogen) atoms. The van der Waals surface area contributed by atoms with Gasteiger partial charge in [-0.1, -0.05) is 53.2 Å². The zero-order valence-electron chi connectivity index (χ0n) is 17.6. The normalized spacial score (nSPS) is 12.0. The summed E-state index contributed by atoms with van der Waals surface area (Å²) in [6.07, 6.45) is 1.58. The Balaban J connectivity index is 1.45. The topological polar surface area (TPSA) is 72.5 Å². The number of nitrogens with zero attached hydrogens (tertiary/aromatic N) is 2. The summed E-state index contributed by atoms with van der Waals surface area (Å²) in [7, 11) is 2.03. The van der Waals surface area contributed by atoms with Crippen molar-refractivity contribution in [1.82, 2.24) is 10.1 Å². The Hall–Kier alpha value is -2.99. The number of aromatic nitrogens is 2. The minimum Gasteiger partial charge on any atom is -0.339 e. The third-order valence-electron chi connectivity index (χ3n) is 4.90. The highest BCUT2D eigenvalue weighted by atomic mass is 16.5. The largest absolute Gasteiger partial charge is 0.339 e. The smallest absolute Gasteiger partial charge is 0.279 e. The number of benzene rings is 2. The van der Waals surface area contributed by atoms with Crippen molar-refractivity contribution in [3.05, 3.63) is 65.0 Å². The third-order valence-corrected chi connectivity index (χ3v) is 4.90.